The van der Waals surface area contributed by atoms with Gasteiger partial charge in [-0.3, -0.25) is 9.59 Å². The SMILES string of the molecule is COc1ccc(C(=O)Nc2cccc([C@]3(C)OC4COC5N4C3O[C@@]5(C)c3cccc(NC(=O)c4ccc(OC)cc4)c3)c2)cc1. The van der Waals surface area contributed by atoms with E-state index in [1.807, 2.05) is 62.4 Å². The lowest BCUT2D eigenvalue weighted by molar-refractivity contribution is -0.138. The molecule has 4 aromatic carbocycles. The first-order valence-electron chi connectivity index (χ1n) is 15.1. The summed E-state index contributed by atoms with van der Waals surface area (Å²) in [5.41, 5.74) is 2.34. The molecule has 2 N–H and O–H groups in total. The number of carbonyl (C=O) groups is 2. The number of methoxy groups -OCH3 is 2. The van der Waals surface area contributed by atoms with Crippen LogP contribution in [0.4, 0.5) is 11.4 Å². The maximum atomic E-state index is 13.0. The number of amides is 2. The third kappa shape index (κ3) is 5.09. The van der Waals surface area contributed by atoms with Crippen molar-refractivity contribution in [1.82, 2.24) is 4.90 Å². The van der Waals surface area contributed by atoms with Gasteiger partial charge in [0.2, 0.25) is 0 Å². The Hall–Kier alpha value is -4.74. The zero-order valence-corrected chi connectivity index (χ0v) is 26.0. The summed E-state index contributed by atoms with van der Waals surface area (Å²) in [6, 6.07) is 29.2. The molecule has 0 aliphatic carbocycles. The van der Waals surface area contributed by atoms with Crippen LogP contribution in [0.1, 0.15) is 45.7 Å². The number of hydrogen-bond donors (Lipinski definition) is 2. The summed E-state index contributed by atoms with van der Waals surface area (Å²) in [5.74, 6) is 0.910. The predicted molar refractivity (Wildman–Crippen MR) is 171 cm³/mol. The smallest absolute Gasteiger partial charge is 0.255 e. The highest BCUT2D eigenvalue weighted by Gasteiger charge is 2.68. The topological polar surface area (TPSA) is 108 Å². The Morgan fingerprint density at radius 1 is 0.696 bits per heavy atom. The molecule has 7 rings (SSSR count). The molecule has 236 valence electrons. The maximum Gasteiger partial charge on any atom is 0.255 e. The van der Waals surface area contributed by atoms with Gasteiger partial charge in [-0.2, -0.15) is 0 Å². The van der Waals surface area contributed by atoms with E-state index in [0.717, 1.165) is 11.1 Å². The van der Waals surface area contributed by atoms with E-state index in [1.165, 1.54) is 0 Å². The summed E-state index contributed by atoms with van der Waals surface area (Å²) in [4.78, 5) is 28.1. The summed E-state index contributed by atoms with van der Waals surface area (Å²) in [7, 11) is 3.17. The van der Waals surface area contributed by atoms with Crippen molar-refractivity contribution in [2.45, 2.75) is 43.7 Å². The molecule has 2 amide bonds. The number of ether oxygens (including phenoxy) is 5. The molecular formula is C36H35N3O7. The van der Waals surface area contributed by atoms with E-state index in [2.05, 4.69) is 15.5 Å². The Kier molecular flexibility index (Phi) is 7.53. The number of anilines is 2. The fourth-order valence-corrected chi connectivity index (χ4v) is 6.52. The molecule has 3 aliphatic heterocycles. The third-order valence-corrected chi connectivity index (χ3v) is 9.04. The van der Waals surface area contributed by atoms with Gasteiger partial charge in [-0.1, -0.05) is 24.3 Å². The summed E-state index contributed by atoms with van der Waals surface area (Å²) < 4.78 is 30.2. The Balaban J connectivity index is 1.12. The van der Waals surface area contributed by atoms with E-state index in [1.54, 1.807) is 62.8 Å². The van der Waals surface area contributed by atoms with Gasteiger partial charge in [-0.15, -0.1) is 0 Å². The molecule has 5 atom stereocenters. The molecule has 0 saturated carbocycles. The van der Waals surface area contributed by atoms with Gasteiger partial charge in [-0.05, 0) is 97.8 Å². The normalized spacial score (nSPS) is 26.4. The quantitative estimate of drug-likeness (QED) is 0.258. The summed E-state index contributed by atoms with van der Waals surface area (Å²) in [6.45, 7) is 4.40. The summed E-state index contributed by atoms with van der Waals surface area (Å²) in [6.07, 6.45) is -1.19. The largest absolute Gasteiger partial charge is 0.497 e. The van der Waals surface area contributed by atoms with E-state index in [-0.39, 0.29) is 18.0 Å². The van der Waals surface area contributed by atoms with Crippen molar-refractivity contribution in [2.24, 2.45) is 0 Å². The molecule has 3 aliphatic rings. The van der Waals surface area contributed by atoms with E-state index < -0.39 is 23.7 Å². The second-order valence-corrected chi connectivity index (χ2v) is 11.9. The van der Waals surface area contributed by atoms with E-state index in [0.29, 0.717) is 40.6 Å². The highest BCUT2D eigenvalue weighted by molar-refractivity contribution is 6.05. The molecule has 10 nitrogen and oxygen atoms in total. The molecule has 46 heavy (non-hydrogen) atoms. The molecule has 0 spiro atoms. The van der Waals surface area contributed by atoms with Crippen LogP contribution >= 0.6 is 0 Å². The van der Waals surface area contributed by atoms with Crippen molar-refractivity contribution in [2.75, 3.05) is 31.5 Å². The number of rotatable bonds is 8. The number of nitrogens with zero attached hydrogens (tertiary/aromatic N) is 1. The Morgan fingerprint density at radius 2 is 1.17 bits per heavy atom. The van der Waals surface area contributed by atoms with Crippen molar-refractivity contribution < 1.29 is 33.3 Å². The minimum absolute atomic E-state index is 0.227. The predicted octanol–water partition coefficient (Wildman–Crippen LogP) is 5.71. The van der Waals surface area contributed by atoms with E-state index >= 15 is 0 Å². The van der Waals surface area contributed by atoms with Crippen LogP contribution in [0.5, 0.6) is 11.5 Å². The van der Waals surface area contributed by atoms with Gasteiger partial charge < -0.3 is 34.3 Å². The van der Waals surface area contributed by atoms with Gasteiger partial charge in [0.1, 0.15) is 41.4 Å². The number of nitrogens with one attached hydrogen (secondary N) is 2. The lowest BCUT2D eigenvalue weighted by Gasteiger charge is -2.33. The number of carbonyl (C=O) groups excluding carboxylic acids is 2. The zero-order valence-electron chi connectivity index (χ0n) is 26.0. The van der Waals surface area contributed by atoms with E-state index in [4.69, 9.17) is 23.7 Å². The van der Waals surface area contributed by atoms with Crippen molar-refractivity contribution in [1.29, 1.82) is 0 Å². The first-order valence-corrected chi connectivity index (χ1v) is 15.1. The van der Waals surface area contributed by atoms with Gasteiger partial charge in [0.15, 0.2) is 0 Å². The van der Waals surface area contributed by atoms with Crippen molar-refractivity contribution in [3.05, 3.63) is 119 Å². The monoisotopic (exact) mass is 621 g/mol. The number of hydrogen-bond acceptors (Lipinski definition) is 8. The Morgan fingerprint density at radius 3 is 1.65 bits per heavy atom. The average molecular weight is 622 g/mol. The van der Waals surface area contributed by atoms with Crippen LogP contribution in [-0.2, 0) is 25.4 Å². The van der Waals surface area contributed by atoms with Gasteiger partial charge in [0.05, 0.1) is 20.8 Å². The molecule has 0 bridgehead atoms. The van der Waals surface area contributed by atoms with Gasteiger partial charge in [0.25, 0.3) is 11.8 Å². The van der Waals surface area contributed by atoms with Crippen molar-refractivity contribution in [3.8, 4) is 11.5 Å². The summed E-state index contributed by atoms with van der Waals surface area (Å²) >= 11 is 0. The average Bonchev–Trinajstić information content (AvgIpc) is 3.73. The molecular weight excluding hydrogens is 586 g/mol. The molecule has 4 aromatic rings. The Labute approximate surface area is 267 Å². The van der Waals surface area contributed by atoms with Crippen molar-refractivity contribution in [3.63, 3.8) is 0 Å². The Bertz CT molecular complexity index is 1670. The van der Waals surface area contributed by atoms with Crippen LogP contribution in [0.25, 0.3) is 0 Å². The summed E-state index contributed by atoms with van der Waals surface area (Å²) in [5, 5.41) is 5.99. The minimum Gasteiger partial charge on any atom is -0.497 e. The first-order chi connectivity index (χ1) is 22.2. The second-order valence-electron chi connectivity index (χ2n) is 11.9. The molecule has 3 heterocycles. The van der Waals surface area contributed by atoms with Gasteiger partial charge >= 0.3 is 0 Å². The molecule has 3 fully saturated rings. The van der Waals surface area contributed by atoms with Crippen LogP contribution < -0.4 is 20.1 Å². The van der Waals surface area contributed by atoms with Gasteiger partial charge in [-0.25, -0.2) is 4.90 Å². The third-order valence-electron chi connectivity index (χ3n) is 9.04. The minimum atomic E-state index is -0.856. The highest BCUT2D eigenvalue weighted by atomic mass is 16.7. The van der Waals surface area contributed by atoms with Crippen molar-refractivity contribution >= 4 is 23.2 Å². The van der Waals surface area contributed by atoms with Crippen LogP contribution in [0.3, 0.4) is 0 Å². The van der Waals surface area contributed by atoms with Gasteiger partial charge in [0, 0.05) is 22.5 Å². The lowest BCUT2D eigenvalue weighted by Crippen LogP contribution is -2.40. The van der Waals surface area contributed by atoms with Crippen LogP contribution in [0, 0.1) is 0 Å². The van der Waals surface area contributed by atoms with Crippen LogP contribution in [0.2, 0.25) is 0 Å². The maximum absolute atomic E-state index is 13.0. The first kappa shape index (κ1) is 29.9. The number of benzene rings is 4. The molecule has 3 unspecified atom stereocenters. The second kappa shape index (κ2) is 11.6. The lowest BCUT2D eigenvalue weighted by atomic mass is 9.93. The molecule has 0 radical (unpaired) electrons. The van der Waals surface area contributed by atoms with Crippen LogP contribution in [0.15, 0.2) is 97.1 Å². The fourth-order valence-electron chi connectivity index (χ4n) is 6.52. The highest BCUT2D eigenvalue weighted by Crippen LogP contribution is 2.56. The zero-order chi connectivity index (χ0) is 32.1. The van der Waals surface area contributed by atoms with Crippen LogP contribution in [-0.4, -0.2) is 56.2 Å². The standard InChI is InChI=1S/C36H35N3O7/c1-35(24-7-5-9-26(19-24)37-31(40)22-11-15-28(42-3)16-12-22)33-39-30(21-44-33)45-36(2,34(39)46-35)25-8-6-10-27(20-25)38-32(41)23-13-17-29(43-4)18-14-23/h5-20,30,33-34H,21H2,1-4H3,(H,37,40)(H,38,41)/t30?,33?,34?,35-,36-/m0/s1. The van der Waals surface area contributed by atoms with E-state index in [9.17, 15) is 9.59 Å². The molecule has 0 aromatic heterocycles. The fraction of sp³-hybridized carbons (Fsp3) is 0.278. The molecule has 3 saturated heterocycles. The molecule has 10 heteroatoms.